The smallest absolute Gasteiger partial charge is 0.317 e. The van der Waals surface area contributed by atoms with Gasteiger partial charge in [-0.15, -0.1) is 0 Å². The van der Waals surface area contributed by atoms with E-state index in [-0.39, 0.29) is 6.03 Å². The topological polar surface area (TPSA) is 32.3 Å². The third-order valence-corrected chi connectivity index (χ3v) is 1.75. The van der Waals surface area contributed by atoms with Gasteiger partial charge in [0.15, 0.2) is 0 Å². The normalized spacial score (nSPS) is 9.58. The van der Waals surface area contributed by atoms with Crippen molar-refractivity contribution in [2.45, 2.75) is 26.7 Å². The molecule has 71 valence electrons. The fourth-order valence-corrected chi connectivity index (χ4v) is 0.943. The lowest BCUT2D eigenvalue weighted by molar-refractivity contribution is 0.203. The molecule has 0 saturated heterocycles. The van der Waals surface area contributed by atoms with Crippen molar-refractivity contribution >= 4 is 6.03 Å². The Morgan fingerprint density at radius 2 is 2.00 bits per heavy atom. The van der Waals surface area contributed by atoms with Crippen LogP contribution in [0.2, 0.25) is 0 Å². The van der Waals surface area contributed by atoms with Gasteiger partial charge in [0.2, 0.25) is 0 Å². The highest BCUT2D eigenvalue weighted by atomic mass is 16.2. The minimum Gasteiger partial charge on any atom is -0.338 e. The van der Waals surface area contributed by atoms with Crippen LogP contribution in [0.1, 0.15) is 26.7 Å². The summed E-state index contributed by atoms with van der Waals surface area (Å²) in [7, 11) is 0. The van der Waals surface area contributed by atoms with E-state index in [1.54, 1.807) is 4.90 Å². The average Bonchev–Trinajstić information content (AvgIpc) is 2.07. The van der Waals surface area contributed by atoms with E-state index in [1.807, 2.05) is 13.8 Å². The molecule has 1 N–H and O–H groups in total. The van der Waals surface area contributed by atoms with E-state index in [2.05, 4.69) is 12.2 Å². The fourth-order valence-electron chi connectivity index (χ4n) is 0.943. The average molecular weight is 171 g/mol. The first-order valence-corrected chi connectivity index (χ1v) is 4.58. The Labute approximate surface area is 75.1 Å². The van der Waals surface area contributed by atoms with Gasteiger partial charge in [-0.25, -0.2) is 4.79 Å². The molecule has 0 aliphatic rings. The highest BCUT2D eigenvalue weighted by Crippen LogP contribution is 1.89. The first-order valence-electron chi connectivity index (χ1n) is 4.58. The summed E-state index contributed by atoms with van der Waals surface area (Å²) in [4.78, 5) is 13.0. The van der Waals surface area contributed by atoms with E-state index in [9.17, 15) is 4.79 Å². The van der Waals surface area contributed by atoms with Gasteiger partial charge in [0.05, 0.1) is 0 Å². The van der Waals surface area contributed by atoms with Gasteiger partial charge in [-0.1, -0.05) is 13.3 Å². The van der Waals surface area contributed by atoms with E-state index < -0.39 is 0 Å². The van der Waals surface area contributed by atoms with Gasteiger partial charge in [-0.2, -0.15) is 0 Å². The SMILES string of the molecule is [CH2]CCCNC(=O)N(CC)CC. The number of urea groups is 1. The van der Waals surface area contributed by atoms with Gasteiger partial charge >= 0.3 is 6.03 Å². The molecule has 0 heterocycles. The molecule has 0 fully saturated rings. The Morgan fingerprint density at radius 1 is 1.42 bits per heavy atom. The molecule has 3 nitrogen and oxygen atoms in total. The lowest BCUT2D eigenvalue weighted by Crippen LogP contribution is -2.39. The molecule has 0 aliphatic heterocycles. The highest BCUT2D eigenvalue weighted by molar-refractivity contribution is 5.73. The zero-order valence-electron chi connectivity index (χ0n) is 8.10. The van der Waals surface area contributed by atoms with Gasteiger partial charge in [-0.3, -0.25) is 0 Å². The van der Waals surface area contributed by atoms with Gasteiger partial charge in [-0.05, 0) is 20.3 Å². The lowest BCUT2D eigenvalue weighted by Gasteiger charge is -2.18. The van der Waals surface area contributed by atoms with Crippen molar-refractivity contribution < 1.29 is 4.79 Å². The van der Waals surface area contributed by atoms with Crippen LogP contribution in [0.25, 0.3) is 0 Å². The molecule has 0 unspecified atom stereocenters. The Kier molecular flexibility index (Phi) is 6.53. The van der Waals surface area contributed by atoms with Crippen LogP contribution in [0.5, 0.6) is 0 Å². The molecule has 0 bridgehead atoms. The number of nitrogens with zero attached hydrogens (tertiary/aromatic N) is 1. The first-order chi connectivity index (χ1) is 5.76. The minimum atomic E-state index is 0.0356. The summed E-state index contributed by atoms with van der Waals surface area (Å²) in [5.41, 5.74) is 0. The van der Waals surface area contributed by atoms with Crippen LogP contribution in [-0.4, -0.2) is 30.6 Å². The maximum Gasteiger partial charge on any atom is 0.317 e. The maximum atomic E-state index is 11.3. The van der Waals surface area contributed by atoms with Crippen molar-refractivity contribution in [2.24, 2.45) is 0 Å². The van der Waals surface area contributed by atoms with E-state index >= 15 is 0 Å². The minimum absolute atomic E-state index is 0.0356. The second-order valence-corrected chi connectivity index (χ2v) is 2.61. The molecule has 0 spiro atoms. The van der Waals surface area contributed by atoms with Crippen molar-refractivity contribution in [2.75, 3.05) is 19.6 Å². The predicted molar refractivity (Wildman–Crippen MR) is 50.9 cm³/mol. The molecule has 0 atom stereocenters. The molecule has 0 aromatic rings. The second-order valence-electron chi connectivity index (χ2n) is 2.61. The summed E-state index contributed by atoms with van der Waals surface area (Å²) in [6, 6.07) is 0.0356. The summed E-state index contributed by atoms with van der Waals surface area (Å²) >= 11 is 0. The summed E-state index contributed by atoms with van der Waals surface area (Å²) in [5.74, 6) is 0. The zero-order chi connectivity index (χ0) is 9.40. The molecule has 0 aliphatic carbocycles. The molecular weight excluding hydrogens is 152 g/mol. The van der Waals surface area contributed by atoms with Crippen LogP contribution >= 0.6 is 0 Å². The number of unbranched alkanes of at least 4 members (excludes halogenated alkanes) is 1. The third kappa shape index (κ3) is 4.21. The second kappa shape index (κ2) is 6.95. The molecule has 0 rings (SSSR count). The van der Waals surface area contributed by atoms with E-state index in [0.717, 1.165) is 32.5 Å². The molecule has 1 radical (unpaired) electrons. The monoisotopic (exact) mass is 171 g/mol. The number of amides is 2. The third-order valence-electron chi connectivity index (χ3n) is 1.75. The largest absolute Gasteiger partial charge is 0.338 e. The van der Waals surface area contributed by atoms with Gasteiger partial charge in [0, 0.05) is 19.6 Å². The molecule has 3 heteroatoms. The highest BCUT2D eigenvalue weighted by Gasteiger charge is 2.06. The number of nitrogens with one attached hydrogen (secondary N) is 1. The quantitative estimate of drug-likeness (QED) is 0.627. The van der Waals surface area contributed by atoms with Crippen LogP contribution in [0.15, 0.2) is 0 Å². The fraction of sp³-hybridized carbons (Fsp3) is 0.778. The Hall–Kier alpha value is -0.730. The Balaban J connectivity index is 3.54. The summed E-state index contributed by atoms with van der Waals surface area (Å²) in [6.07, 6.45) is 1.82. The van der Waals surface area contributed by atoms with Crippen molar-refractivity contribution in [3.05, 3.63) is 6.92 Å². The van der Waals surface area contributed by atoms with Crippen molar-refractivity contribution in [1.29, 1.82) is 0 Å². The van der Waals surface area contributed by atoms with Gasteiger partial charge < -0.3 is 10.2 Å². The molecule has 0 aromatic carbocycles. The van der Waals surface area contributed by atoms with Crippen molar-refractivity contribution in [3.63, 3.8) is 0 Å². The van der Waals surface area contributed by atoms with Crippen molar-refractivity contribution in [3.8, 4) is 0 Å². The standard InChI is InChI=1S/C9H19N2O/c1-4-7-8-10-9(12)11(5-2)6-3/h1,4-8H2,2-3H3,(H,10,12). The predicted octanol–water partition coefficient (Wildman–Crippen LogP) is 1.65. The summed E-state index contributed by atoms with van der Waals surface area (Å²) < 4.78 is 0. The number of hydrogen-bond donors (Lipinski definition) is 1. The van der Waals surface area contributed by atoms with Crippen LogP contribution < -0.4 is 5.32 Å². The van der Waals surface area contributed by atoms with E-state index in [1.165, 1.54) is 0 Å². The van der Waals surface area contributed by atoms with Crippen LogP contribution in [0, 0.1) is 6.92 Å². The number of carbonyl (C=O) groups is 1. The number of rotatable bonds is 5. The summed E-state index contributed by atoms with van der Waals surface area (Å²) in [5, 5.41) is 2.83. The molecule has 0 saturated carbocycles. The molecule has 2 amide bonds. The summed E-state index contributed by atoms with van der Waals surface area (Å²) in [6.45, 7) is 9.93. The number of hydrogen-bond acceptors (Lipinski definition) is 1. The molecule has 12 heavy (non-hydrogen) atoms. The zero-order valence-corrected chi connectivity index (χ0v) is 8.10. The van der Waals surface area contributed by atoms with Crippen LogP contribution in [0.4, 0.5) is 4.79 Å². The molecule has 0 aromatic heterocycles. The maximum absolute atomic E-state index is 11.3. The van der Waals surface area contributed by atoms with Gasteiger partial charge in [0.1, 0.15) is 0 Å². The van der Waals surface area contributed by atoms with E-state index in [4.69, 9.17) is 0 Å². The lowest BCUT2D eigenvalue weighted by atomic mass is 10.3. The Morgan fingerprint density at radius 3 is 2.42 bits per heavy atom. The Bertz CT molecular complexity index is 122. The van der Waals surface area contributed by atoms with Crippen LogP contribution in [-0.2, 0) is 0 Å². The van der Waals surface area contributed by atoms with E-state index in [0.29, 0.717) is 0 Å². The number of carbonyl (C=O) groups excluding carboxylic acids is 1. The first kappa shape index (κ1) is 11.3. The van der Waals surface area contributed by atoms with Gasteiger partial charge in [0.25, 0.3) is 0 Å². The van der Waals surface area contributed by atoms with Crippen LogP contribution in [0.3, 0.4) is 0 Å². The molecular formula is C9H19N2O. The van der Waals surface area contributed by atoms with Crippen molar-refractivity contribution in [1.82, 2.24) is 10.2 Å².